The summed E-state index contributed by atoms with van der Waals surface area (Å²) < 4.78 is 30.6. The molecule has 0 heterocycles. The fourth-order valence-electron chi connectivity index (χ4n) is 0.956. The number of benzene rings is 1. The average Bonchev–Trinajstić information content (AvgIpc) is 2.22. The first-order valence-corrected chi connectivity index (χ1v) is 3.73. The van der Waals surface area contributed by atoms with Crippen molar-refractivity contribution < 1.29 is 18.3 Å². The fourth-order valence-corrected chi connectivity index (χ4v) is 0.956. The Morgan fingerprint density at radius 1 is 1.53 bits per heavy atom. The standard InChI is InChI=1S/C8H5F2N3O2/c1-15-8(14)6-4(9)2-3-5(7(6)10)12-13-11/h2-3H,1H3. The minimum atomic E-state index is -1.24. The molecular weight excluding hydrogens is 208 g/mol. The number of ether oxygens (including phenoxy) is 1. The van der Waals surface area contributed by atoms with E-state index in [1.165, 1.54) is 0 Å². The highest BCUT2D eigenvalue weighted by molar-refractivity contribution is 5.91. The van der Waals surface area contributed by atoms with Crippen molar-refractivity contribution in [3.05, 3.63) is 39.8 Å². The molecule has 0 bridgehead atoms. The topological polar surface area (TPSA) is 75.1 Å². The van der Waals surface area contributed by atoms with Gasteiger partial charge in [-0.1, -0.05) is 5.11 Å². The van der Waals surface area contributed by atoms with E-state index in [-0.39, 0.29) is 0 Å². The number of carbonyl (C=O) groups is 1. The Morgan fingerprint density at radius 2 is 2.20 bits per heavy atom. The van der Waals surface area contributed by atoms with Gasteiger partial charge in [0.05, 0.1) is 12.8 Å². The van der Waals surface area contributed by atoms with Gasteiger partial charge in [0, 0.05) is 4.91 Å². The Hall–Kier alpha value is -2.14. The summed E-state index contributed by atoms with van der Waals surface area (Å²) >= 11 is 0. The summed E-state index contributed by atoms with van der Waals surface area (Å²) in [4.78, 5) is 13.3. The lowest BCUT2D eigenvalue weighted by molar-refractivity contribution is 0.0590. The number of hydrogen-bond acceptors (Lipinski definition) is 3. The predicted octanol–water partition coefficient (Wildman–Crippen LogP) is 2.69. The van der Waals surface area contributed by atoms with Crippen LogP contribution in [-0.4, -0.2) is 13.1 Å². The van der Waals surface area contributed by atoms with Crippen LogP contribution in [0, 0.1) is 11.6 Å². The molecule has 5 nitrogen and oxygen atoms in total. The third kappa shape index (κ3) is 2.03. The van der Waals surface area contributed by atoms with E-state index in [1.54, 1.807) is 0 Å². The molecule has 78 valence electrons. The van der Waals surface area contributed by atoms with Crippen LogP contribution < -0.4 is 0 Å². The molecule has 0 fully saturated rings. The predicted molar refractivity (Wildman–Crippen MR) is 46.5 cm³/mol. The maximum Gasteiger partial charge on any atom is 0.343 e. The lowest BCUT2D eigenvalue weighted by Gasteiger charge is -2.04. The van der Waals surface area contributed by atoms with Crippen LogP contribution in [0.1, 0.15) is 10.4 Å². The second kappa shape index (κ2) is 4.39. The Bertz CT molecular complexity index is 455. The highest BCUT2D eigenvalue weighted by atomic mass is 19.1. The number of azide groups is 1. The fraction of sp³-hybridized carbons (Fsp3) is 0.125. The molecule has 7 heteroatoms. The zero-order chi connectivity index (χ0) is 11.4. The van der Waals surface area contributed by atoms with Crippen LogP contribution in [0.15, 0.2) is 17.2 Å². The van der Waals surface area contributed by atoms with E-state index in [4.69, 9.17) is 5.53 Å². The van der Waals surface area contributed by atoms with Gasteiger partial charge >= 0.3 is 5.97 Å². The molecule has 0 aliphatic carbocycles. The highest BCUT2D eigenvalue weighted by Crippen LogP contribution is 2.24. The monoisotopic (exact) mass is 213 g/mol. The molecule has 0 radical (unpaired) electrons. The summed E-state index contributed by atoms with van der Waals surface area (Å²) in [6.07, 6.45) is 0. The quantitative estimate of drug-likeness (QED) is 0.327. The van der Waals surface area contributed by atoms with Crippen LogP contribution in [0.25, 0.3) is 10.4 Å². The van der Waals surface area contributed by atoms with Crippen LogP contribution in [0.2, 0.25) is 0 Å². The maximum atomic E-state index is 13.4. The lowest BCUT2D eigenvalue weighted by atomic mass is 10.2. The van der Waals surface area contributed by atoms with Crippen LogP contribution >= 0.6 is 0 Å². The number of halogens is 2. The van der Waals surface area contributed by atoms with E-state index in [0.29, 0.717) is 0 Å². The first-order chi connectivity index (χ1) is 7.11. The molecule has 0 amide bonds. The SMILES string of the molecule is COC(=O)c1c(F)ccc(N=[N+]=[N-])c1F. The third-order valence-corrected chi connectivity index (χ3v) is 1.61. The number of hydrogen-bond donors (Lipinski definition) is 0. The Labute approximate surface area is 82.9 Å². The average molecular weight is 213 g/mol. The smallest absolute Gasteiger partial charge is 0.343 e. The highest BCUT2D eigenvalue weighted by Gasteiger charge is 2.20. The van der Waals surface area contributed by atoms with Gasteiger partial charge in [-0.2, -0.15) is 0 Å². The molecule has 0 unspecified atom stereocenters. The van der Waals surface area contributed by atoms with Gasteiger partial charge in [0.2, 0.25) is 0 Å². The largest absolute Gasteiger partial charge is 0.465 e. The first-order valence-electron chi connectivity index (χ1n) is 3.73. The summed E-state index contributed by atoms with van der Waals surface area (Å²) in [5.74, 6) is -3.48. The van der Waals surface area contributed by atoms with E-state index in [2.05, 4.69) is 14.8 Å². The van der Waals surface area contributed by atoms with E-state index >= 15 is 0 Å². The normalized spacial score (nSPS) is 9.27. The molecule has 0 N–H and O–H groups in total. The summed E-state index contributed by atoms with van der Waals surface area (Å²) in [7, 11) is 0.988. The summed E-state index contributed by atoms with van der Waals surface area (Å²) in [6, 6.07) is 1.75. The summed E-state index contributed by atoms with van der Waals surface area (Å²) in [5.41, 5.74) is 6.75. The van der Waals surface area contributed by atoms with Crippen LogP contribution in [0.5, 0.6) is 0 Å². The molecule has 0 spiro atoms. The van der Waals surface area contributed by atoms with Crippen molar-refractivity contribution >= 4 is 11.7 Å². The maximum absolute atomic E-state index is 13.4. The molecule has 1 aromatic carbocycles. The first kappa shape index (κ1) is 10.9. The van der Waals surface area contributed by atoms with Gasteiger partial charge in [-0.15, -0.1) is 0 Å². The number of rotatable bonds is 2. The molecule has 1 rings (SSSR count). The lowest BCUT2D eigenvalue weighted by Crippen LogP contribution is -2.07. The molecule has 0 saturated heterocycles. The van der Waals surface area contributed by atoms with Gasteiger partial charge in [-0.3, -0.25) is 0 Å². The molecule has 0 aliphatic heterocycles. The molecule has 15 heavy (non-hydrogen) atoms. The van der Waals surface area contributed by atoms with E-state index in [1.807, 2.05) is 0 Å². The second-order valence-corrected chi connectivity index (χ2v) is 2.44. The van der Waals surface area contributed by atoms with Gasteiger partial charge in [-0.25, -0.2) is 13.6 Å². The van der Waals surface area contributed by atoms with Crippen molar-refractivity contribution in [2.45, 2.75) is 0 Å². The van der Waals surface area contributed by atoms with Gasteiger partial charge < -0.3 is 4.74 Å². The van der Waals surface area contributed by atoms with Crippen molar-refractivity contribution in [3.63, 3.8) is 0 Å². The van der Waals surface area contributed by atoms with Crippen molar-refractivity contribution in [1.29, 1.82) is 0 Å². The van der Waals surface area contributed by atoms with Gasteiger partial charge in [0.1, 0.15) is 17.2 Å². The molecule has 1 aromatic rings. The molecular formula is C8H5F2N3O2. The number of nitrogens with zero attached hydrogens (tertiary/aromatic N) is 3. The van der Waals surface area contributed by atoms with Crippen molar-refractivity contribution in [1.82, 2.24) is 0 Å². The van der Waals surface area contributed by atoms with Crippen molar-refractivity contribution in [3.8, 4) is 0 Å². The van der Waals surface area contributed by atoms with Crippen LogP contribution in [-0.2, 0) is 4.74 Å². The molecule has 0 aliphatic rings. The Balaban J connectivity index is 3.42. The van der Waals surface area contributed by atoms with Crippen LogP contribution in [0.3, 0.4) is 0 Å². The number of esters is 1. The van der Waals surface area contributed by atoms with Crippen LogP contribution in [0.4, 0.5) is 14.5 Å². The zero-order valence-electron chi connectivity index (χ0n) is 7.57. The minimum absolute atomic E-state index is 0.459. The van der Waals surface area contributed by atoms with Crippen molar-refractivity contribution in [2.24, 2.45) is 5.11 Å². The molecule has 0 atom stereocenters. The van der Waals surface area contributed by atoms with Crippen molar-refractivity contribution in [2.75, 3.05) is 7.11 Å². The third-order valence-electron chi connectivity index (χ3n) is 1.61. The van der Waals surface area contributed by atoms with Gasteiger partial charge in [-0.05, 0) is 17.7 Å². The summed E-state index contributed by atoms with van der Waals surface area (Å²) in [6.45, 7) is 0. The Morgan fingerprint density at radius 3 is 2.73 bits per heavy atom. The van der Waals surface area contributed by atoms with Gasteiger partial charge in [0.25, 0.3) is 0 Å². The Kier molecular flexibility index (Phi) is 3.20. The van der Waals surface area contributed by atoms with E-state index < -0.39 is 28.9 Å². The second-order valence-electron chi connectivity index (χ2n) is 2.44. The molecule has 0 aromatic heterocycles. The summed E-state index contributed by atoms with van der Waals surface area (Å²) in [5, 5.41) is 2.96. The zero-order valence-corrected chi connectivity index (χ0v) is 7.57. The number of carbonyl (C=O) groups excluding carboxylic acids is 1. The van der Waals surface area contributed by atoms with Gasteiger partial charge in [0.15, 0.2) is 0 Å². The minimum Gasteiger partial charge on any atom is -0.465 e. The van der Waals surface area contributed by atoms with E-state index in [9.17, 15) is 13.6 Å². The molecule has 0 saturated carbocycles. The number of methoxy groups -OCH3 is 1. The van der Waals surface area contributed by atoms with E-state index in [0.717, 1.165) is 19.2 Å².